The zero-order chi connectivity index (χ0) is 15.6. The molecule has 0 radical (unpaired) electrons. The van der Waals surface area contributed by atoms with E-state index in [1.807, 2.05) is 0 Å². The minimum atomic E-state index is -3.71. The molecule has 1 atom stereocenters. The number of methoxy groups -OCH3 is 2. The number of nitrogens with one attached hydrogen (secondary N) is 1. The number of likely N-dealkylation sites (N-methyl/N-ethyl adjacent to an activating group) is 1. The molecule has 21 heavy (non-hydrogen) atoms. The molecular formula is C12H18N2O5S2. The maximum atomic E-state index is 12.7. The van der Waals surface area contributed by atoms with E-state index in [1.165, 1.54) is 24.6 Å². The maximum Gasteiger partial charge on any atom is 0.348 e. The largest absolute Gasteiger partial charge is 0.494 e. The molecule has 1 aliphatic rings. The van der Waals surface area contributed by atoms with Gasteiger partial charge in [0.2, 0.25) is 0 Å². The molecule has 0 amide bonds. The van der Waals surface area contributed by atoms with Crippen LogP contribution >= 0.6 is 11.3 Å². The van der Waals surface area contributed by atoms with E-state index in [0.29, 0.717) is 6.54 Å². The van der Waals surface area contributed by atoms with Crippen molar-refractivity contribution >= 4 is 27.3 Å². The highest BCUT2D eigenvalue weighted by Gasteiger charge is 2.34. The molecule has 0 saturated carbocycles. The molecule has 1 N–H and O–H groups in total. The molecule has 1 aromatic rings. The van der Waals surface area contributed by atoms with Crippen LogP contribution in [-0.4, -0.2) is 59.1 Å². The van der Waals surface area contributed by atoms with Gasteiger partial charge in [-0.2, -0.15) is 4.31 Å². The summed E-state index contributed by atoms with van der Waals surface area (Å²) < 4.78 is 36.5. The zero-order valence-electron chi connectivity index (χ0n) is 12.1. The standard InChI is InChI=1S/C12H18N2O5S2/c1-14(8-4-5-13-7-8)21(16,17)12-9(18-2)6-10(20-12)11(15)19-3/h6,8,13H,4-5,7H2,1-3H3. The smallest absolute Gasteiger partial charge is 0.348 e. The molecule has 1 unspecified atom stereocenters. The SMILES string of the molecule is COC(=O)c1cc(OC)c(S(=O)(=O)N(C)C2CCNC2)s1. The first-order valence-corrected chi connectivity index (χ1v) is 8.62. The van der Waals surface area contributed by atoms with Gasteiger partial charge in [0.15, 0.2) is 9.96 Å². The lowest BCUT2D eigenvalue weighted by Crippen LogP contribution is -2.38. The van der Waals surface area contributed by atoms with Gasteiger partial charge in [0, 0.05) is 25.7 Å². The van der Waals surface area contributed by atoms with Crippen molar-refractivity contribution < 1.29 is 22.7 Å². The van der Waals surface area contributed by atoms with Gasteiger partial charge >= 0.3 is 5.97 Å². The normalized spacial score (nSPS) is 19.0. The van der Waals surface area contributed by atoms with Crippen molar-refractivity contribution in [1.29, 1.82) is 0 Å². The number of hydrogen-bond acceptors (Lipinski definition) is 7. The number of carbonyl (C=O) groups is 1. The summed E-state index contributed by atoms with van der Waals surface area (Å²) in [5, 5.41) is 3.13. The molecule has 1 aliphatic heterocycles. The Labute approximate surface area is 127 Å². The van der Waals surface area contributed by atoms with Crippen LogP contribution < -0.4 is 10.1 Å². The first-order valence-electron chi connectivity index (χ1n) is 6.36. The fourth-order valence-corrected chi connectivity index (χ4v) is 5.21. The van der Waals surface area contributed by atoms with Crippen LogP contribution in [0.15, 0.2) is 10.3 Å². The van der Waals surface area contributed by atoms with Crippen molar-refractivity contribution in [2.24, 2.45) is 0 Å². The Morgan fingerprint density at radius 3 is 2.71 bits per heavy atom. The second-order valence-electron chi connectivity index (χ2n) is 4.63. The molecule has 1 saturated heterocycles. The number of thiophene rings is 1. The fourth-order valence-electron chi connectivity index (χ4n) is 2.16. The third-order valence-electron chi connectivity index (χ3n) is 3.43. The summed E-state index contributed by atoms with van der Waals surface area (Å²) in [7, 11) is 0.462. The van der Waals surface area contributed by atoms with E-state index < -0.39 is 16.0 Å². The van der Waals surface area contributed by atoms with Crippen LogP contribution in [0.1, 0.15) is 16.1 Å². The Morgan fingerprint density at radius 2 is 2.19 bits per heavy atom. The topological polar surface area (TPSA) is 84.9 Å². The molecule has 7 nitrogen and oxygen atoms in total. The van der Waals surface area contributed by atoms with Gasteiger partial charge in [0.1, 0.15) is 4.88 Å². The second-order valence-corrected chi connectivity index (χ2v) is 7.87. The minimum absolute atomic E-state index is 0.0276. The minimum Gasteiger partial charge on any atom is -0.494 e. The van der Waals surface area contributed by atoms with E-state index in [-0.39, 0.29) is 20.9 Å². The molecule has 9 heteroatoms. The summed E-state index contributed by atoms with van der Waals surface area (Å²) in [6.07, 6.45) is 0.757. The average molecular weight is 334 g/mol. The van der Waals surface area contributed by atoms with Crippen molar-refractivity contribution in [1.82, 2.24) is 9.62 Å². The second kappa shape index (κ2) is 6.30. The molecule has 1 aromatic heterocycles. The van der Waals surface area contributed by atoms with Crippen LogP contribution in [0, 0.1) is 0 Å². The van der Waals surface area contributed by atoms with Gasteiger partial charge in [-0.1, -0.05) is 0 Å². The molecule has 0 aliphatic carbocycles. The van der Waals surface area contributed by atoms with Crippen LogP contribution in [0.2, 0.25) is 0 Å². The number of carbonyl (C=O) groups excluding carboxylic acids is 1. The number of rotatable bonds is 5. The van der Waals surface area contributed by atoms with Crippen LogP contribution in [0.4, 0.5) is 0 Å². The number of hydrogen-bond donors (Lipinski definition) is 1. The highest BCUT2D eigenvalue weighted by Crippen LogP contribution is 2.36. The third-order valence-corrected chi connectivity index (χ3v) is 6.93. The molecule has 118 valence electrons. The average Bonchev–Trinajstić information content (AvgIpc) is 3.14. The number of esters is 1. The Hall–Kier alpha value is -1.16. The number of nitrogens with zero attached hydrogens (tertiary/aromatic N) is 1. The molecule has 0 bridgehead atoms. The van der Waals surface area contributed by atoms with Gasteiger partial charge in [-0.15, -0.1) is 11.3 Å². The maximum absolute atomic E-state index is 12.7. The van der Waals surface area contributed by atoms with E-state index in [0.717, 1.165) is 24.3 Å². The van der Waals surface area contributed by atoms with Crippen molar-refractivity contribution in [3.8, 4) is 5.75 Å². The van der Waals surface area contributed by atoms with Crippen molar-refractivity contribution in [3.63, 3.8) is 0 Å². The van der Waals surface area contributed by atoms with Crippen molar-refractivity contribution in [2.45, 2.75) is 16.7 Å². The van der Waals surface area contributed by atoms with Crippen LogP contribution in [0.5, 0.6) is 5.75 Å². The molecule has 0 spiro atoms. The van der Waals surface area contributed by atoms with Crippen LogP contribution in [0.3, 0.4) is 0 Å². The summed E-state index contributed by atoms with van der Waals surface area (Å²) in [5.74, 6) is -0.414. The summed E-state index contributed by atoms with van der Waals surface area (Å²) in [5.41, 5.74) is 0. The monoisotopic (exact) mass is 334 g/mol. The van der Waals surface area contributed by atoms with Gasteiger partial charge in [-0.25, -0.2) is 13.2 Å². The van der Waals surface area contributed by atoms with E-state index in [1.54, 1.807) is 7.05 Å². The molecular weight excluding hydrogens is 316 g/mol. The van der Waals surface area contributed by atoms with Gasteiger partial charge in [0.05, 0.1) is 14.2 Å². The number of ether oxygens (including phenoxy) is 2. The Balaban J connectivity index is 2.38. The number of sulfonamides is 1. The molecule has 2 heterocycles. The Kier molecular flexibility index (Phi) is 4.87. The van der Waals surface area contributed by atoms with Crippen LogP contribution in [-0.2, 0) is 14.8 Å². The third kappa shape index (κ3) is 3.05. The molecule has 1 fully saturated rings. The van der Waals surface area contributed by atoms with Gasteiger partial charge in [0.25, 0.3) is 10.0 Å². The van der Waals surface area contributed by atoms with Crippen molar-refractivity contribution in [2.75, 3.05) is 34.4 Å². The van der Waals surface area contributed by atoms with Crippen LogP contribution in [0.25, 0.3) is 0 Å². The predicted octanol–water partition coefficient (Wildman–Crippen LogP) is 0.526. The molecule has 0 aromatic carbocycles. The quantitative estimate of drug-likeness (QED) is 0.791. The lowest BCUT2D eigenvalue weighted by molar-refractivity contribution is 0.0606. The van der Waals surface area contributed by atoms with E-state index in [4.69, 9.17) is 4.74 Å². The lowest BCUT2D eigenvalue weighted by Gasteiger charge is -2.22. The lowest BCUT2D eigenvalue weighted by atomic mass is 10.3. The van der Waals surface area contributed by atoms with E-state index >= 15 is 0 Å². The van der Waals surface area contributed by atoms with E-state index in [2.05, 4.69) is 10.1 Å². The molecule has 2 rings (SSSR count). The predicted molar refractivity (Wildman–Crippen MR) is 78.4 cm³/mol. The van der Waals surface area contributed by atoms with Gasteiger partial charge in [-0.3, -0.25) is 0 Å². The first kappa shape index (κ1) is 16.2. The first-order chi connectivity index (χ1) is 9.91. The highest BCUT2D eigenvalue weighted by molar-refractivity contribution is 7.91. The Morgan fingerprint density at radius 1 is 1.48 bits per heavy atom. The van der Waals surface area contributed by atoms with Crippen molar-refractivity contribution in [3.05, 3.63) is 10.9 Å². The zero-order valence-corrected chi connectivity index (χ0v) is 13.7. The van der Waals surface area contributed by atoms with Gasteiger partial charge in [-0.05, 0) is 13.0 Å². The summed E-state index contributed by atoms with van der Waals surface area (Å²) in [4.78, 5) is 11.8. The highest BCUT2D eigenvalue weighted by atomic mass is 32.2. The Bertz CT molecular complexity index is 620. The van der Waals surface area contributed by atoms with E-state index in [9.17, 15) is 13.2 Å². The summed E-state index contributed by atoms with van der Waals surface area (Å²) in [6.45, 7) is 1.41. The summed E-state index contributed by atoms with van der Waals surface area (Å²) in [6, 6.07) is 1.30. The summed E-state index contributed by atoms with van der Waals surface area (Å²) >= 11 is 0.861. The fraction of sp³-hybridized carbons (Fsp3) is 0.583. The van der Waals surface area contributed by atoms with Gasteiger partial charge < -0.3 is 14.8 Å².